The second-order valence-electron chi connectivity index (χ2n) is 5.06. The Balaban J connectivity index is 2.46. The third-order valence-electron chi connectivity index (χ3n) is 4.26. The van der Waals surface area contributed by atoms with Gasteiger partial charge in [-0.2, -0.15) is 0 Å². The van der Waals surface area contributed by atoms with Crippen molar-refractivity contribution in [2.24, 2.45) is 5.41 Å². The smallest absolute Gasteiger partial charge is 0.158 e. The molecular weight excluding hydrogens is 188 g/mol. The molecule has 0 bridgehead atoms. The van der Waals surface area contributed by atoms with Gasteiger partial charge in [-0.05, 0) is 37.7 Å². The molecule has 2 aliphatic carbocycles. The van der Waals surface area contributed by atoms with Crippen LogP contribution in [0, 0.1) is 5.41 Å². The van der Waals surface area contributed by atoms with Crippen molar-refractivity contribution < 1.29 is 9.90 Å². The van der Waals surface area contributed by atoms with Gasteiger partial charge in [0.1, 0.15) is 0 Å². The van der Waals surface area contributed by atoms with Gasteiger partial charge >= 0.3 is 0 Å². The number of ketones is 1. The number of rotatable bonds is 1. The van der Waals surface area contributed by atoms with E-state index in [-0.39, 0.29) is 11.5 Å². The fraction of sp³-hybridized carbons (Fsp3) is 0.769. The van der Waals surface area contributed by atoms with E-state index in [2.05, 4.69) is 6.92 Å². The number of Topliss-reactive ketones (excluding diaryl/α,β-unsaturated/α-hetero) is 1. The van der Waals surface area contributed by atoms with E-state index < -0.39 is 0 Å². The molecular formula is C13H20O2. The van der Waals surface area contributed by atoms with Crippen LogP contribution >= 0.6 is 0 Å². The lowest BCUT2D eigenvalue weighted by atomic mass is 9.62. The molecule has 0 aliphatic heterocycles. The first-order chi connectivity index (χ1) is 7.09. The summed E-state index contributed by atoms with van der Waals surface area (Å²) in [5, 5.41) is 10.1. The van der Waals surface area contributed by atoms with Gasteiger partial charge in [-0.15, -0.1) is 0 Å². The molecule has 0 aromatic carbocycles. The maximum absolute atomic E-state index is 11.8. The fourth-order valence-corrected chi connectivity index (χ4v) is 3.19. The van der Waals surface area contributed by atoms with Crippen LogP contribution in [0.4, 0.5) is 0 Å². The standard InChI is InChI=1S/C13H20O2/c1-3-9-10-5-4-6-12(15)13(10,2)8-7-11(9)14/h12,15H,3-8H2,1-2H3/t12-,13-/m0/s1. The number of aliphatic hydroxyl groups is 1. The largest absolute Gasteiger partial charge is 0.392 e. The first-order valence-corrected chi connectivity index (χ1v) is 6.03. The average molecular weight is 208 g/mol. The van der Waals surface area contributed by atoms with Crippen LogP contribution in [-0.2, 0) is 4.79 Å². The summed E-state index contributed by atoms with van der Waals surface area (Å²) in [5.74, 6) is 0.319. The second-order valence-corrected chi connectivity index (χ2v) is 5.06. The van der Waals surface area contributed by atoms with Crippen LogP contribution in [0.25, 0.3) is 0 Å². The Morgan fingerprint density at radius 2 is 2.20 bits per heavy atom. The van der Waals surface area contributed by atoms with Gasteiger partial charge in [0.2, 0.25) is 0 Å². The zero-order valence-electron chi connectivity index (χ0n) is 9.68. The van der Waals surface area contributed by atoms with Crippen molar-refractivity contribution in [3.63, 3.8) is 0 Å². The van der Waals surface area contributed by atoms with Crippen molar-refractivity contribution >= 4 is 5.78 Å². The van der Waals surface area contributed by atoms with Gasteiger partial charge in [0.05, 0.1) is 6.10 Å². The van der Waals surface area contributed by atoms with Crippen LogP contribution in [-0.4, -0.2) is 17.0 Å². The zero-order valence-corrected chi connectivity index (χ0v) is 9.68. The van der Waals surface area contributed by atoms with Gasteiger partial charge < -0.3 is 5.11 Å². The van der Waals surface area contributed by atoms with E-state index in [0.717, 1.165) is 37.7 Å². The lowest BCUT2D eigenvalue weighted by molar-refractivity contribution is -0.118. The molecule has 1 fully saturated rings. The molecule has 0 aromatic rings. The summed E-state index contributed by atoms with van der Waals surface area (Å²) < 4.78 is 0. The van der Waals surface area contributed by atoms with Crippen LogP contribution in [0.5, 0.6) is 0 Å². The fourth-order valence-electron chi connectivity index (χ4n) is 3.19. The Labute approximate surface area is 91.4 Å². The van der Waals surface area contributed by atoms with Crippen LogP contribution in [0.3, 0.4) is 0 Å². The summed E-state index contributed by atoms with van der Waals surface area (Å²) in [6.45, 7) is 4.18. The average Bonchev–Trinajstić information content (AvgIpc) is 2.22. The molecule has 0 radical (unpaired) electrons. The number of hydrogen-bond donors (Lipinski definition) is 1. The number of aliphatic hydroxyl groups excluding tert-OH is 1. The molecule has 2 atom stereocenters. The molecule has 2 aliphatic rings. The molecule has 15 heavy (non-hydrogen) atoms. The Morgan fingerprint density at radius 3 is 2.87 bits per heavy atom. The summed E-state index contributed by atoms with van der Waals surface area (Å²) in [4.78, 5) is 11.8. The summed E-state index contributed by atoms with van der Waals surface area (Å²) in [6, 6.07) is 0. The topological polar surface area (TPSA) is 37.3 Å². The summed E-state index contributed by atoms with van der Waals surface area (Å²) in [6.07, 6.45) is 5.00. The van der Waals surface area contributed by atoms with Gasteiger partial charge in [0.15, 0.2) is 5.78 Å². The first-order valence-electron chi connectivity index (χ1n) is 6.03. The number of carbonyl (C=O) groups excluding carboxylic acids is 1. The van der Waals surface area contributed by atoms with E-state index in [9.17, 15) is 9.90 Å². The van der Waals surface area contributed by atoms with Crippen molar-refractivity contribution in [3.8, 4) is 0 Å². The molecule has 0 unspecified atom stereocenters. The molecule has 1 N–H and O–H groups in total. The minimum Gasteiger partial charge on any atom is -0.392 e. The van der Waals surface area contributed by atoms with E-state index in [1.54, 1.807) is 0 Å². The molecule has 2 nitrogen and oxygen atoms in total. The lowest BCUT2D eigenvalue weighted by Gasteiger charge is -2.44. The monoisotopic (exact) mass is 208 g/mol. The lowest BCUT2D eigenvalue weighted by Crippen LogP contribution is -2.41. The number of hydrogen-bond acceptors (Lipinski definition) is 2. The highest BCUT2D eigenvalue weighted by Crippen LogP contribution is 2.49. The minimum absolute atomic E-state index is 0.0997. The Kier molecular flexibility index (Phi) is 2.72. The number of fused-ring (bicyclic) bond motifs is 1. The van der Waals surface area contributed by atoms with Crippen LogP contribution in [0.1, 0.15) is 52.4 Å². The number of allylic oxidation sites excluding steroid dienone is 1. The molecule has 0 saturated heterocycles. The van der Waals surface area contributed by atoms with E-state index in [0.29, 0.717) is 12.2 Å². The van der Waals surface area contributed by atoms with E-state index in [4.69, 9.17) is 0 Å². The highest BCUT2D eigenvalue weighted by atomic mass is 16.3. The normalized spacial score (nSPS) is 36.7. The predicted molar refractivity (Wildman–Crippen MR) is 59.5 cm³/mol. The maximum atomic E-state index is 11.8. The summed E-state index contributed by atoms with van der Waals surface area (Å²) >= 11 is 0. The van der Waals surface area contributed by atoms with Gasteiger partial charge in [-0.3, -0.25) is 4.79 Å². The highest BCUT2D eigenvalue weighted by molar-refractivity contribution is 5.97. The minimum atomic E-state index is -0.240. The van der Waals surface area contributed by atoms with Crippen LogP contribution in [0.2, 0.25) is 0 Å². The molecule has 0 spiro atoms. The van der Waals surface area contributed by atoms with Crippen molar-refractivity contribution in [1.29, 1.82) is 0 Å². The van der Waals surface area contributed by atoms with Crippen molar-refractivity contribution in [2.45, 2.75) is 58.5 Å². The molecule has 0 heterocycles. The first kappa shape index (κ1) is 10.9. The summed E-state index contributed by atoms with van der Waals surface area (Å²) in [7, 11) is 0. The quantitative estimate of drug-likeness (QED) is 0.719. The summed E-state index contributed by atoms with van der Waals surface area (Å²) in [5.41, 5.74) is 2.18. The highest BCUT2D eigenvalue weighted by Gasteiger charge is 2.43. The second kappa shape index (κ2) is 3.75. The van der Waals surface area contributed by atoms with Crippen molar-refractivity contribution in [3.05, 3.63) is 11.1 Å². The Hall–Kier alpha value is -0.630. The molecule has 1 saturated carbocycles. The molecule has 2 heteroatoms. The van der Waals surface area contributed by atoms with Gasteiger partial charge in [-0.25, -0.2) is 0 Å². The van der Waals surface area contributed by atoms with Crippen molar-refractivity contribution in [2.75, 3.05) is 0 Å². The van der Waals surface area contributed by atoms with Crippen LogP contribution < -0.4 is 0 Å². The van der Waals surface area contributed by atoms with Gasteiger partial charge in [-0.1, -0.05) is 19.4 Å². The van der Waals surface area contributed by atoms with Gasteiger partial charge in [0, 0.05) is 11.8 Å². The Morgan fingerprint density at radius 1 is 1.47 bits per heavy atom. The van der Waals surface area contributed by atoms with Crippen molar-refractivity contribution in [1.82, 2.24) is 0 Å². The zero-order chi connectivity index (χ0) is 11.1. The third-order valence-corrected chi connectivity index (χ3v) is 4.26. The van der Waals surface area contributed by atoms with Crippen LogP contribution in [0.15, 0.2) is 11.1 Å². The molecule has 0 amide bonds. The maximum Gasteiger partial charge on any atom is 0.158 e. The van der Waals surface area contributed by atoms with Gasteiger partial charge in [0.25, 0.3) is 0 Å². The van der Waals surface area contributed by atoms with E-state index in [1.165, 1.54) is 5.57 Å². The molecule has 2 rings (SSSR count). The van der Waals surface area contributed by atoms with E-state index >= 15 is 0 Å². The van der Waals surface area contributed by atoms with E-state index in [1.807, 2.05) is 6.92 Å². The molecule has 0 aromatic heterocycles. The predicted octanol–water partition coefficient (Wildman–Crippen LogP) is 2.61. The molecule has 84 valence electrons. The number of carbonyl (C=O) groups is 1. The third kappa shape index (κ3) is 1.55. The Bertz CT molecular complexity index is 316. The SMILES string of the molecule is CCC1=C2CCC[C@H](O)[C@@]2(C)CCC1=O.